The van der Waals surface area contributed by atoms with Crippen molar-refractivity contribution in [3.05, 3.63) is 53.8 Å². The first-order chi connectivity index (χ1) is 13.0. The molecular formula is C19H17F3N2O2S. The van der Waals surface area contributed by atoms with E-state index in [0.29, 0.717) is 23.8 Å². The molecule has 2 aromatic carbocycles. The van der Waals surface area contributed by atoms with Crippen molar-refractivity contribution in [3.63, 3.8) is 0 Å². The van der Waals surface area contributed by atoms with Gasteiger partial charge in [0, 0.05) is 24.3 Å². The number of anilines is 1. The monoisotopic (exact) mass is 394 g/mol. The van der Waals surface area contributed by atoms with E-state index in [2.05, 4.69) is 10.3 Å². The number of aromatic nitrogens is 1. The molecule has 1 aromatic heterocycles. The van der Waals surface area contributed by atoms with E-state index in [0.717, 1.165) is 29.7 Å². The first-order valence-electron chi connectivity index (χ1n) is 8.45. The molecule has 27 heavy (non-hydrogen) atoms. The van der Waals surface area contributed by atoms with Crippen molar-refractivity contribution in [1.82, 2.24) is 4.98 Å². The molecule has 3 rings (SSSR count). The van der Waals surface area contributed by atoms with Gasteiger partial charge in [-0.15, -0.1) is 0 Å². The summed E-state index contributed by atoms with van der Waals surface area (Å²) in [6, 6.07) is 8.58. The summed E-state index contributed by atoms with van der Waals surface area (Å²) >= 11 is 1.50. The molecule has 4 nitrogen and oxygen atoms in total. The lowest BCUT2D eigenvalue weighted by atomic mass is 10.2. The van der Waals surface area contributed by atoms with E-state index in [9.17, 15) is 18.0 Å². The number of nitrogens with zero attached hydrogens (tertiary/aromatic N) is 1. The number of amides is 1. The molecule has 0 spiro atoms. The smallest absolute Gasteiger partial charge is 0.256 e. The minimum absolute atomic E-state index is 0.129. The predicted molar refractivity (Wildman–Crippen MR) is 98.1 cm³/mol. The van der Waals surface area contributed by atoms with Crippen LogP contribution >= 0.6 is 11.8 Å². The summed E-state index contributed by atoms with van der Waals surface area (Å²) in [7, 11) is 0. The molecule has 0 atom stereocenters. The maximum absolute atomic E-state index is 13.5. The summed E-state index contributed by atoms with van der Waals surface area (Å²) in [6.45, 7) is 0. The van der Waals surface area contributed by atoms with Gasteiger partial charge in [0.25, 0.3) is 5.22 Å². The average Bonchev–Trinajstić information content (AvgIpc) is 3.04. The van der Waals surface area contributed by atoms with E-state index in [1.165, 1.54) is 11.8 Å². The molecule has 0 saturated carbocycles. The summed E-state index contributed by atoms with van der Waals surface area (Å²) in [5.41, 5.74) is 0.946. The standard InChI is InChI=1S/C19H17F3N2O2S/c20-12-10-13(21)18(14(22)11-12)24-17(25)8-2-1-5-9-27-19-23-15-6-3-4-7-16(15)26-19/h3-4,6-7,10-11H,1-2,5,8-9H2,(H,24,25). The number of rotatable bonds is 8. The van der Waals surface area contributed by atoms with Crippen molar-refractivity contribution in [3.8, 4) is 0 Å². The second-order valence-corrected chi connectivity index (χ2v) is 6.95. The molecule has 0 aliphatic carbocycles. The summed E-state index contributed by atoms with van der Waals surface area (Å²) in [5.74, 6) is -3.01. The van der Waals surface area contributed by atoms with E-state index in [1.54, 1.807) is 0 Å². The minimum atomic E-state index is -1.13. The second-order valence-electron chi connectivity index (χ2n) is 5.90. The molecule has 0 unspecified atom stereocenters. The molecule has 3 aromatic rings. The number of unbranched alkanes of at least 4 members (excludes halogenated alkanes) is 2. The van der Waals surface area contributed by atoms with Crippen molar-refractivity contribution >= 4 is 34.5 Å². The summed E-state index contributed by atoms with van der Waals surface area (Å²) in [6.07, 6.45) is 2.32. The zero-order valence-electron chi connectivity index (χ0n) is 14.3. The Bertz CT molecular complexity index is 890. The number of hydrogen-bond acceptors (Lipinski definition) is 4. The van der Waals surface area contributed by atoms with Gasteiger partial charge in [-0.05, 0) is 25.0 Å². The Morgan fingerprint density at radius 1 is 1.07 bits per heavy atom. The SMILES string of the molecule is O=C(CCCCCSc1nc2ccccc2o1)Nc1c(F)cc(F)cc1F. The molecule has 8 heteroatoms. The van der Waals surface area contributed by atoms with Crippen LogP contribution in [-0.2, 0) is 4.79 Å². The molecule has 0 aliphatic heterocycles. The highest BCUT2D eigenvalue weighted by atomic mass is 32.2. The zero-order valence-corrected chi connectivity index (χ0v) is 15.1. The number of benzene rings is 2. The molecule has 1 amide bonds. The fourth-order valence-corrected chi connectivity index (χ4v) is 3.33. The third-order valence-electron chi connectivity index (χ3n) is 3.82. The summed E-state index contributed by atoms with van der Waals surface area (Å²) < 4.78 is 45.4. The quantitative estimate of drug-likeness (QED) is 0.403. The van der Waals surface area contributed by atoms with Crippen LogP contribution in [0.15, 0.2) is 46.0 Å². The number of nitrogens with one attached hydrogen (secondary N) is 1. The molecule has 0 fully saturated rings. The molecule has 1 N–H and O–H groups in total. The number of fused-ring (bicyclic) bond motifs is 1. The normalized spacial score (nSPS) is 11.1. The number of halogens is 3. The van der Waals surface area contributed by atoms with Crippen molar-refractivity contribution in [1.29, 1.82) is 0 Å². The second kappa shape index (κ2) is 8.94. The Kier molecular flexibility index (Phi) is 6.39. The van der Waals surface area contributed by atoms with Gasteiger partial charge < -0.3 is 9.73 Å². The third kappa shape index (κ3) is 5.26. The first kappa shape index (κ1) is 19.3. The Labute approximate surface area is 158 Å². The van der Waals surface area contributed by atoms with Crippen LogP contribution in [0.4, 0.5) is 18.9 Å². The van der Waals surface area contributed by atoms with E-state index >= 15 is 0 Å². The molecule has 142 valence electrons. The maximum Gasteiger partial charge on any atom is 0.256 e. The first-order valence-corrected chi connectivity index (χ1v) is 9.44. The highest BCUT2D eigenvalue weighted by molar-refractivity contribution is 7.99. The van der Waals surface area contributed by atoms with Gasteiger partial charge in [-0.2, -0.15) is 0 Å². The van der Waals surface area contributed by atoms with E-state index in [-0.39, 0.29) is 6.42 Å². The third-order valence-corrected chi connectivity index (χ3v) is 4.73. The Morgan fingerprint density at radius 2 is 1.81 bits per heavy atom. The van der Waals surface area contributed by atoms with Gasteiger partial charge in [0.15, 0.2) is 17.2 Å². The van der Waals surface area contributed by atoms with Crippen LogP contribution < -0.4 is 5.32 Å². The molecule has 0 saturated heterocycles. The summed E-state index contributed by atoms with van der Waals surface area (Å²) in [4.78, 5) is 16.1. The van der Waals surface area contributed by atoms with Crippen LogP contribution in [0, 0.1) is 17.5 Å². The highest BCUT2D eigenvalue weighted by Crippen LogP contribution is 2.24. The van der Waals surface area contributed by atoms with Crippen LogP contribution in [0.1, 0.15) is 25.7 Å². The van der Waals surface area contributed by atoms with Gasteiger partial charge in [0.1, 0.15) is 17.0 Å². The van der Waals surface area contributed by atoms with Crippen molar-refractivity contribution in [2.75, 3.05) is 11.1 Å². The zero-order chi connectivity index (χ0) is 19.2. The Hall–Kier alpha value is -2.48. The van der Waals surface area contributed by atoms with Gasteiger partial charge in [-0.1, -0.05) is 30.3 Å². The van der Waals surface area contributed by atoms with E-state index < -0.39 is 29.0 Å². The molecular weight excluding hydrogens is 377 g/mol. The van der Waals surface area contributed by atoms with Gasteiger partial charge >= 0.3 is 0 Å². The van der Waals surface area contributed by atoms with Crippen LogP contribution in [0.3, 0.4) is 0 Å². The number of oxazole rings is 1. The van der Waals surface area contributed by atoms with Gasteiger partial charge in [-0.25, -0.2) is 18.2 Å². The topological polar surface area (TPSA) is 55.1 Å². The number of hydrogen-bond donors (Lipinski definition) is 1. The molecule has 0 bridgehead atoms. The van der Waals surface area contributed by atoms with Crippen molar-refractivity contribution < 1.29 is 22.4 Å². The lowest BCUT2D eigenvalue weighted by Crippen LogP contribution is -2.14. The van der Waals surface area contributed by atoms with Crippen LogP contribution in [0.25, 0.3) is 11.1 Å². The number of para-hydroxylation sites is 2. The van der Waals surface area contributed by atoms with Crippen molar-refractivity contribution in [2.24, 2.45) is 0 Å². The minimum Gasteiger partial charge on any atom is -0.431 e. The number of carbonyl (C=O) groups excluding carboxylic acids is 1. The molecule has 0 aliphatic rings. The van der Waals surface area contributed by atoms with E-state index in [1.807, 2.05) is 24.3 Å². The molecule has 0 radical (unpaired) electrons. The predicted octanol–water partition coefficient (Wildman–Crippen LogP) is 5.54. The average molecular weight is 394 g/mol. The largest absolute Gasteiger partial charge is 0.431 e. The van der Waals surface area contributed by atoms with Crippen LogP contribution in [-0.4, -0.2) is 16.6 Å². The Morgan fingerprint density at radius 3 is 2.56 bits per heavy atom. The van der Waals surface area contributed by atoms with E-state index in [4.69, 9.17) is 4.42 Å². The number of thioether (sulfide) groups is 1. The number of carbonyl (C=O) groups is 1. The summed E-state index contributed by atoms with van der Waals surface area (Å²) in [5, 5.41) is 2.76. The highest BCUT2D eigenvalue weighted by Gasteiger charge is 2.14. The van der Waals surface area contributed by atoms with Gasteiger partial charge in [-0.3, -0.25) is 4.79 Å². The van der Waals surface area contributed by atoms with Crippen LogP contribution in [0.2, 0.25) is 0 Å². The van der Waals surface area contributed by atoms with Gasteiger partial charge in [0.2, 0.25) is 5.91 Å². The molecule has 1 heterocycles. The fourth-order valence-electron chi connectivity index (χ4n) is 2.50. The Balaban J connectivity index is 1.36. The maximum atomic E-state index is 13.5. The fraction of sp³-hybridized carbons (Fsp3) is 0.263. The van der Waals surface area contributed by atoms with Gasteiger partial charge in [0.05, 0.1) is 0 Å². The van der Waals surface area contributed by atoms with Crippen molar-refractivity contribution in [2.45, 2.75) is 30.9 Å². The lowest BCUT2D eigenvalue weighted by molar-refractivity contribution is -0.116. The lowest BCUT2D eigenvalue weighted by Gasteiger charge is -2.07. The van der Waals surface area contributed by atoms with Crippen LogP contribution in [0.5, 0.6) is 0 Å².